The topological polar surface area (TPSA) is 65.6 Å². The number of carbonyl (C=O) groups is 2. The van der Waals surface area contributed by atoms with Crippen LogP contribution in [-0.2, 0) is 19.1 Å². The molecule has 39 heavy (non-hydrogen) atoms. The molecule has 9 unspecified atom stereocenters. The van der Waals surface area contributed by atoms with Crippen LogP contribution in [0.1, 0.15) is 51.9 Å². The number of piperazine rings is 1. The first-order valence-corrected chi connectivity index (χ1v) is 15.7. The molecule has 1 amide bonds. The Bertz CT molecular complexity index is 980. The molecule has 7 rings (SSSR count). The molecule has 0 aromatic heterocycles. The molecule has 8 nitrogen and oxygen atoms in total. The Balaban J connectivity index is 1.23. The maximum Gasteiger partial charge on any atom is 0.259 e. The smallest absolute Gasteiger partial charge is 0.259 e. The van der Waals surface area contributed by atoms with Gasteiger partial charge in [0.25, 0.3) is 5.91 Å². The number of carbonyl (C=O) groups excluding carboxylic acids is 2. The van der Waals surface area contributed by atoms with E-state index in [0.29, 0.717) is 38.1 Å². The number of Topliss-reactive ketones (excluding diaryl/α,β-unsaturated/α-hetero) is 1. The number of rotatable bonds is 3. The first-order chi connectivity index (χ1) is 19.0. The van der Waals surface area contributed by atoms with E-state index in [0.717, 1.165) is 45.6 Å². The van der Waals surface area contributed by atoms with Crippen molar-refractivity contribution in [1.82, 2.24) is 19.6 Å². The van der Waals surface area contributed by atoms with E-state index in [4.69, 9.17) is 9.47 Å². The Morgan fingerprint density at radius 2 is 1.69 bits per heavy atom. The van der Waals surface area contributed by atoms with E-state index in [-0.39, 0.29) is 54.0 Å². The number of fused-ring (bicyclic) bond motifs is 3. The molecular formula is C30H45FN4O4. The van der Waals surface area contributed by atoms with Gasteiger partial charge >= 0.3 is 0 Å². The average Bonchev–Trinajstić information content (AvgIpc) is 2.97. The molecule has 0 spiro atoms. The molecule has 0 aromatic carbocycles. The summed E-state index contributed by atoms with van der Waals surface area (Å²) >= 11 is 0. The number of morpholine rings is 2. The molecule has 3 aliphatic carbocycles. The molecule has 0 aromatic rings. The molecule has 3 saturated heterocycles. The molecule has 4 heterocycles. The summed E-state index contributed by atoms with van der Waals surface area (Å²) in [7, 11) is 0. The lowest BCUT2D eigenvalue weighted by atomic mass is 9.64. The largest absolute Gasteiger partial charge is 0.378 e. The van der Waals surface area contributed by atoms with Gasteiger partial charge in [0, 0.05) is 51.4 Å². The number of amides is 1. The third-order valence-electron chi connectivity index (χ3n) is 11.3. The van der Waals surface area contributed by atoms with E-state index in [1.54, 1.807) is 4.90 Å². The van der Waals surface area contributed by atoms with E-state index in [2.05, 4.69) is 21.6 Å². The maximum atomic E-state index is 16.3. The van der Waals surface area contributed by atoms with Crippen LogP contribution in [-0.4, -0.2) is 127 Å². The van der Waals surface area contributed by atoms with Crippen molar-refractivity contribution in [3.63, 3.8) is 0 Å². The molecule has 9 heteroatoms. The zero-order valence-electron chi connectivity index (χ0n) is 23.4. The summed E-state index contributed by atoms with van der Waals surface area (Å²) in [5, 5.41) is 0. The summed E-state index contributed by atoms with van der Waals surface area (Å²) in [6, 6.07) is -0.376. The van der Waals surface area contributed by atoms with E-state index in [1.807, 2.05) is 6.20 Å². The number of hydrogen-bond donors (Lipinski definition) is 0. The SMILES string of the molecule is CCN1CCN(C2C(F)CC3C(=O)C(C(=O)N4CCOCC4)=CN4C5CC6CCCCC6CC5OC2C34)CC1. The van der Waals surface area contributed by atoms with Crippen LogP contribution in [0, 0.1) is 17.8 Å². The molecule has 7 aliphatic rings. The van der Waals surface area contributed by atoms with Gasteiger partial charge in [-0.15, -0.1) is 0 Å². The predicted octanol–water partition coefficient (Wildman–Crippen LogP) is 2.08. The number of hydrogen-bond acceptors (Lipinski definition) is 7. The van der Waals surface area contributed by atoms with Crippen molar-refractivity contribution in [3.8, 4) is 0 Å². The van der Waals surface area contributed by atoms with Gasteiger partial charge in [0.05, 0.1) is 49.1 Å². The fourth-order valence-electron chi connectivity index (χ4n) is 9.17. The molecule has 9 atom stereocenters. The minimum absolute atomic E-state index is 0.0279. The molecule has 4 aliphatic heterocycles. The van der Waals surface area contributed by atoms with Crippen LogP contribution in [0.2, 0.25) is 0 Å². The monoisotopic (exact) mass is 544 g/mol. The minimum Gasteiger partial charge on any atom is -0.378 e. The highest BCUT2D eigenvalue weighted by Crippen LogP contribution is 2.50. The summed E-state index contributed by atoms with van der Waals surface area (Å²) < 4.78 is 28.7. The third-order valence-corrected chi connectivity index (χ3v) is 11.3. The van der Waals surface area contributed by atoms with Crippen LogP contribution in [0.5, 0.6) is 0 Å². The number of alkyl halides is 1. The van der Waals surface area contributed by atoms with Crippen LogP contribution < -0.4 is 0 Å². The van der Waals surface area contributed by atoms with Crippen LogP contribution in [0.3, 0.4) is 0 Å². The lowest BCUT2D eigenvalue weighted by Gasteiger charge is -2.62. The van der Waals surface area contributed by atoms with E-state index in [1.165, 1.54) is 25.7 Å². The van der Waals surface area contributed by atoms with Crippen LogP contribution >= 0.6 is 0 Å². The quantitative estimate of drug-likeness (QED) is 0.504. The van der Waals surface area contributed by atoms with Gasteiger partial charge in [-0.1, -0.05) is 32.6 Å². The lowest BCUT2D eigenvalue weighted by molar-refractivity contribution is -0.222. The standard InChI is InChI=1S/C30H45FN4O4/c1-2-32-7-9-33(10-8-32)27-23(31)17-21-26-29(27)39-25-16-20-6-4-3-5-19(20)15-24(25)35(26)18-22(28(21)36)30(37)34-11-13-38-14-12-34/h18-21,23-27,29H,2-17H2,1H3. The van der Waals surface area contributed by atoms with Crippen LogP contribution in [0.4, 0.5) is 4.39 Å². The summed E-state index contributed by atoms with van der Waals surface area (Å²) in [5.41, 5.74) is 0.255. The summed E-state index contributed by atoms with van der Waals surface area (Å²) in [6.07, 6.45) is 7.78. The number of halogens is 1. The van der Waals surface area contributed by atoms with Crippen molar-refractivity contribution < 1.29 is 23.5 Å². The highest BCUT2D eigenvalue weighted by molar-refractivity contribution is 6.20. The second-order valence-electron chi connectivity index (χ2n) is 13.1. The Morgan fingerprint density at radius 3 is 2.41 bits per heavy atom. The van der Waals surface area contributed by atoms with Crippen molar-refractivity contribution >= 4 is 11.7 Å². The minimum atomic E-state index is -1.14. The second kappa shape index (κ2) is 10.7. The van der Waals surface area contributed by atoms with Gasteiger partial charge in [-0.3, -0.25) is 14.5 Å². The Kier molecular flexibility index (Phi) is 7.23. The molecular weight excluding hydrogens is 499 g/mol. The molecule has 6 fully saturated rings. The number of ether oxygens (including phenoxy) is 2. The van der Waals surface area contributed by atoms with Crippen molar-refractivity contribution in [2.75, 3.05) is 59.0 Å². The molecule has 0 N–H and O–H groups in total. The van der Waals surface area contributed by atoms with Crippen molar-refractivity contribution in [3.05, 3.63) is 11.8 Å². The van der Waals surface area contributed by atoms with Gasteiger partial charge in [-0.05, 0) is 37.6 Å². The molecule has 216 valence electrons. The Labute approximate surface area is 231 Å². The van der Waals surface area contributed by atoms with Crippen molar-refractivity contribution in [1.29, 1.82) is 0 Å². The van der Waals surface area contributed by atoms with Gasteiger partial charge in [-0.25, -0.2) is 4.39 Å². The second-order valence-corrected chi connectivity index (χ2v) is 13.1. The zero-order chi connectivity index (χ0) is 26.7. The predicted molar refractivity (Wildman–Crippen MR) is 144 cm³/mol. The van der Waals surface area contributed by atoms with E-state index >= 15 is 4.39 Å². The first kappa shape index (κ1) is 26.4. The number of nitrogens with zero attached hydrogens (tertiary/aromatic N) is 4. The van der Waals surface area contributed by atoms with Crippen molar-refractivity contribution in [2.24, 2.45) is 17.8 Å². The summed E-state index contributed by atoms with van der Waals surface area (Å²) in [6.45, 7) is 8.72. The van der Waals surface area contributed by atoms with Gasteiger partial charge in [0.15, 0.2) is 5.78 Å². The zero-order valence-corrected chi connectivity index (χ0v) is 23.4. The van der Waals surface area contributed by atoms with Gasteiger partial charge < -0.3 is 24.2 Å². The fourth-order valence-corrected chi connectivity index (χ4v) is 9.17. The highest BCUT2D eigenvalue weighted by Gasteiger charge is 2.60. The normalized spacial score (nSPS) is 43.3. The number of likely N-dealkylation sites (N-methyl/N-ethyl adjacent to an activating group) is 1. The highest BCUT2D eigenvalue weighted by atomic mass is 19.1. The summed E-state index contributed by atoms with van der Waals surface area (Å²) in [4.78, 5) is 36.4. The number of ketones is 1. The van der Waals surface area contributed by atoms with Crippen molar-refractivity contribution in [2.45, 2.75) is 88.4 Å². The van der Waals surface area contributed by atoms with Gasteiger partial charge in [0.2, 0.25) is 0 Å². The maximum absolute atomic E-state index is 16.3. The molecule has 0 radical (unpaired) electrons. The fraction of sp³-hybridized carbons (Fsp3) is 0.867. The van der Waals surface area contributed by atoms with Gasteiger partial charge in [0.1, 0.15) is 6.17 Å². The van der Waals surface area contributed by atoms with E-state index < -0.39 is 12.1 Å². The van der Waals surface area contributed by atoms with Crippen LogP contribution in [0.25, 0.3) is 0 Å². The third kappa shape index (κ3) is 4.56. The Hall–Kier alpha value is -1.55. The Morgan fingerprint density at radius 1 is 0.974 bits per heavy atom. The average molecular weight is 545 g/mol. The van der Waals surface area contributed by atoms with Gasteiger partial charge in [-0.2, -0.15) is 0 Å². The first-order valence-electron chi connectivity index (χ1n) is 15.7. The molecule has 3 saturated carbocycles. The van der Waals surface area contributed by atoms with Crippen LogP contribution in [0.15, 0.2) is 11.8 Å². The summed E-state index contributed by atoms with van der Waals surface area (Å²) in [5.74, 6) is 0.434. The van der Waals surface area contributed by atoms with E-state index in [9.17, 15) is 9.59 Å². The molecule has 0 bridgehead atoms. The lowest BCUT2D eigenvalue weighted by Crippen LogP contribution is -2.74.